The van der Waals surface area contributed by atoms with Crippen LogP contribution < -0.4 is 16.2 Å². The first-order valence-electron chi connectivity index (χ1n) is 4.07. The topological polar surface area (TPSA) is 78.3 Å². The monoisotopic (exact) mass is 198 g/mol. The summed E-state index contributed by atoms with van der Waals surface area (Å²) in [7, 11) is 0. The average Bonchev–Trinajstić information content (AvgIpc) is 2.15. The van der Waals surface area contributed by atoms with Gasteiger partial charge in [-0.25, -0.2) is 4.39 Å². The fourth-order valence-electron chi connectivity index (χ4n) is 0.990. The molecule has 0 atom stereocenters. The van der Waals surface area contributed by atoms with Gasteiger partial charge in [-0.15, -0.1) is 0 Å². The SMILES string of the molecule is NCCOc1ccc(F)cc1C(N)=O. The standard InChI is InChI=1S/C9H11FN2O2/c10-6-1-2-8(14-4-3-11)7(5-6)9(12)13/h1-2,5H,3-4,11H2,(H2,12,13). The number of halogens is 1. The second kappa shape index (κ2) is 4.57. The fourth-order valence-corrected chi connectivity index (χ4v) is 0.990. The van der Waals surface area contributed by atoms with Gasteiger partial charge in [0.25, 0.3) is 5.91 Å². The minimum atomic E-state index is -0.725. The van der Waals surface area contributed by atoms with Crippen LogP contribution in [-0.4, -0.2) is 19.1 Å². The molecule has 0 aliphatic carbocycles. The highest BCUT2D eigenvalue weighted by molar-refractivity contribution is 5.95. The number of nitrogens with two attached hydrogens (primary N) is 2. The largest absolute Gasteiger partial charge is 0.491 e. The summed E-state index contributed by atoms with van der Waals surface area (Å²) in [4.78, 5) is 10.9. The van der Waals surface area contributed by atoms with Gasteiger partial charge in [-0.3, -0.25) is 4.79 Å². The van der Waals surface area contributed by atoms with Gasteiger partial charge in [-0.1, -0.05) is 0 Å². The lowest BCUT2D eigenvalue weighted by molar-refractivity contribution is 0.0996. The zero-order valence-electron chi connectivity index (χ0n) is 7.50. The number of hydrogen-bond donors (Lipinski definition) is 2. The second-order valence-corrected chi connectivity index (χ2v) is 2.64. The first-order chi connectivity index (χ1) is 6.65. The Morgan fingerprint density at radius 2 is 2.21 bits per heavy atom. The number of ether oxygens (including phenoxy) is 1. The van der Waals surface area contributed by atoms with Crippen LogP contribution in [0.1, 0.15) is 10.4 Å². The molecule has 0 heterocycles. The number of amides is 1. The molecule has 14 heavy (non-hydrogen) atoms. The normalized spacial score (nSPS) is 9.86. The average molecular weight is 198 g/mol. The molecule has 4 nitrogen and oxygen atoms in total. The lowest BCUT2D eigenvalue weighted by atomic mass is 10.2. The predicted octanol–water partition coefficient (Wildman–Crippen LogP) is 0.262. The van der Waals surface area contributed by atoms with Crippen LogP contribution in [0.4, 0.5) is 4.39 Å². The summed E-state index contributed by atoms with van der Waals surface area (Å²) in [5.41, 5.74) is 10.3. The summed E-state index contributed by atoms with van der Waals surface area (Å²) < 4.78 is 17.9. The Hall–Kier alpha value is -1.62. The maximum atomic E-state index is 12.7. The van der Waals surface area contributed by atoms with Gasteiger partial charge in [0.05, 0.1) is 5.56 Å². The van der Waals surface area contributed by atoms with Gasteiger partial charge in [0, 0.05) is 6.54 Å². The molecule has 1 aromatic carbocycles. The molecule has 0 aliphatic rings. The third-order valence-electron chi connectivity index (χ3n) is 1.58. The number of rotatable bonds is 4. The summed E-state index contributed by atoms with van der Waals surface area (Å²) in [6.07, 6.45) is 0. The second-order valence-electron chi connectivity index (χ2n) is 2.64. The lowest BCUT2D eigenvalue weighted by Crippen LogP contribution is -2.16. The van der Waals surface area contributed by atoms with E-state index in [1.807, 2.05) is 0 Å². The molecule has 0 aliphatic heterocycles. The summed E-state index contributed by atoms with van der Waals surface area (Å²) in [6.45, 7) is 0.571. The number of primary amides is 1. The van der Waals surface area contributed by atoms with E-state index >= 15 is 0 Å². The van der Waals surface area contributed by atoms with Crippen LogP contribution in [0.15, 0.2) is 18.2 Å². The van der Waals surface area contributed by atoms with Crippen LogP contribution in [0.25, 0.3) is 0 Å². The molecule has 4 N–H and O–H groups in total. The van der Waals surface area contributed by atoms with Gasteiger partial charge in [-0.05, 0) is 18.2 Å². The molecule has 0 aromatic heterocycles. The van der Waals surface area contributed by atoms with Gasteiger partial charge in [-0.2, -0.15) is 0 Å². The molecular weight excluding hydrogens is 187 g/mol. The van der Waals surface area contributed by atoms with Crippen molar-refractivity contribution in [3.8, 4) is 5.75 Å². The first kappa shape index (κ1) is 10.5. The van der Waals surface area contributed by atoms with E-state index in [0.29, 0.717) is 6.54 Å². The highest BCUT2D eigenvalue weighted by atomic mass is 19.1. The molecule has 76 valence electrons. The molecule has 0 spiro atoms. The van der Waals surface area contributed by atoms with Crippen molar-refractivity contribution in [3.05, 3.63) is 29.6 Å². The number of carbonyl (C=O) groups is 1. The van der Waals surface area contributed by atoms with Crippen molar-refractivity contribution < 1.29 is 13.9 Å². The van der Waals surface area contributed by atoms with Crippen molar-refractivity contribution in [2.24, 2.45) is 11.5 Å². The van der Waals surface area contributed by atoms with Gasteiger partial charge in [0.15, 0.2) is 0 Å². The van der Waals surface area contributed by atoms with Crippen LogP contribution >= 0.6 is 0 Å². The van der Waals surface area contributed by atoms with Crippen molar-refractivity contribution in [1.29, 1.82) is 0 Å². The molecule has 0 saturated carbocycles. The highest BCUT2D eigenvalue weighted by Gasteiger charge is 2.10. The molecule has 0 unspecified atom stereocenters. The lowest BCUT2D eigenvalue weighted by Gasteiger charge is -2.07. The smallest absolute Gasteiger partial charge is 0.252 e. The van der Waals surface area contributed by atoms with Crippen molar-refractivity contribution in [1.82, 2.24) is 0 Å². The minimum Gasteiger partial charge on any atom is -0.491 e. The van der Waals surface area contributed by atoms with Crippen LogP contribution in [-0.2, 0) is 0 Å². The number of carbonyl (C=O) groups excluding carboxylic acids is 1. The highest BCUT2D eigenvalue weighted by Crippen LogP contribution is 2.18. The summed E-state index contributed by atoms with van der Waals surface area (Å²) >= 11 is 0. The maximum absolute atomic E-state index is 12.7. The van der Waals surface area contributed by atoms with E-state index < -0.39 is 11.7 Å². The Morgan fingerprint density at radius 3 is 2.79 bits per heavy atom. The Kier molecular flexibility index (Phi) is 3.41. The minimum absolute atomic E-state index is 0.0263. The molecule has 1 aromatic rings. The van der Waals surface area contributed by atoms with Crippen LogP contribution in [0, 0.1) is 5.82 Å². The van der Waals surface area contributed by atoms with Crippen LogP contribution in [0.3, 0.4) is 0 Å². The molecule has 5 heteroatoms. The van der Waals surface area contributed by atoms with E-state index in [1.165, 1.54) is 12.1 Å². The third-order valence-corrected chi connectivity index (χ3v) is 1.58. The van der Waals surface area contributed by atoms with E-state index in [-0.39, 0.29) is 17.9 Å². The fraction of sp³-hybridized carbons (Fsp3) is 0.222. The van der Waals surface area contributed by atoms with Crippen molar-refractivity contribution in [2.45, 2.75) is 0 Å². The number of benzene rings is 1. The van der Waals surface area contributed by atoms with Gasteiger partial charge >= 0.3 is 0 Å². The Bertz CT molecular complexity index is 342. The molecule has 0 bridgehead atoms. The van der Waals surface area contributed by atoms with Gasteiger partial charge in [0.1, 0.15) is 18.2 Å². The quantitative estimate of drug-likeness (QED) is 0.728. The van der Waals surface area contributed by atoms with E-state index in [1.54, 1.807) is 0 Å². The van der Waals surface area contributed by atoms with Crippen molar-refractivity contribution >= 4 is 5.91 Å². The zero-order chi connectivity index (χ0) is 10.6. The van der Waals surface area contributed by atoms with E-state index in [2.05, 4.69) is 0 Å². The van der Waals surface area contributed by atoms with Gasteiger partial charge < -0.3 is 16.2 Å². The predicted molar refractivity (Wildman–Crippen MR) is 49.5 cm³/mol. The summed E-state index contributed by atoms with van der Waals surface area (Å²) in [6, 6.07) is 3.58. The molecule has 0 radical (unpaired) electrons. The molecule has 1 rings (SSSR count). The Balaban J connectivity index is 2.96. The van der Waals surface area contributed by atoms with Crippen LogP contribution in [0.5, 0.6) is 5.75 Å². The van der Waals surface area contributed by atoms with Gasteiger partial charge in [0.2, 0.25) is 0 Å². The van der Waals surface area contributed by atoms with E-state index in [4.69, 9.17) is 16.2 Å². The van der Waals surface area contributed by atoms with Crippen molar-refractivity contribution in [3.63, 3.8) is 0 Å². The first-order valence-corrected chi connectivity index (χ1v) is 4.07. The van der Waals surface area contributed by atoms with Crippen molar-refractivity contribution in [2.75, 3.05) is 13.2 Å². The summed E-state index contributed by atoms with van der Waals surface area (Å²) in [5, 5.41) is 0. The molecule has 0 fully saturated rings. The third kappa shape index (κ3) is 2.43. The Morgan fingerprint density at radius 1 is 1.50 bits per heavy atom. The maximum Gasteiger partial charge on any atom is 0.252 e. The number of hydrogen-bond acceptors (Lipinski definition) is 3. The van der Waals surface area contributed by atoms with E-state index in [9.17, 15) is 9.18 Å². The molecule has 1 amide bonds. The molecule has 0 saturated heterocycles. The Labute approximate surface area is 80.6 Å². The summed E-state index contributed by atoms with van der Waals surface area (Å²) in [5.74, 6) is -1.00. The van der Waals surface area contributed by atoms with Crippen LogP contribution in [0.2, 0.25) is 0 Å². The van der Waals surface area contributed by atoms with E-state index in [0.717, 1.165) is 6.07 Å². The zero-order valence-corrected chi connectivity index (χ0v) is 7.50. The molecular formula is C9H11FN2O2.